The highest BCUT2D eigenvalue weighted by molar-refractivity contribution is 6.31. The van der Waals surface area contributed by atoms with E-state index in [1.165, 1.54) is 11.1 Å². The molecule has 1 aliphatic rings. The molecule has 1 fully saturated rings. The number of hydrogen-bond acceptors (Lipinski definition) is 3. The lowest BCUT2D eigenvalue weighted by Crippen LogP contribution is -2.38. The van der Waals surface area contributed by atoms with Gasteiger partial charge in [-0.1, -0.05) is 54.1 Å². The molecule has 3 N–H and O–H groups in total. The summed E-state index contributed by atoms with van der Waals surface area (Å²) in [7, 11) is 0. The van der Waals surface area contributed by atoms with E-state index in [0.717, 1.165) is 55.6 Å². The molecular weight excluding hydrogens is 396 g/mol. The van der Waals surface area contributed by atoms with E-state index >= 15 is 0 Å². The van der Waals surface area contributed by atoms with E-state index in [1.807, 2.05) is 24.3 Å². The van der Waals surface area contributed by atoms with E-state index < -0.39 is 0 Å². The third-order valence-electron chi connectivity index (χ3n) is 5.48. The number of likely N-dealkylation sites (tertiary alicyclic amines) is 1. The van der Waals surface area contributed by atoms with E-state index in [0.29, 0.717) is 6.54 Å². The molecule has 162 valence electrons. The van der Waals surface area contributed by atoms with Crippen molar-refractivity contribution in [3.05, 3.63) is 70.2 Å². The maximum absolute atomic E-state index is 9.65. The van der Waals surface area contributed by atoms with E-state index in [2.05, 4.69) is 53.6 Å². The van der Waals surface area contributed by atoms with Crippen molar-refractivity contribution in [2.24, 2.45) is 4.99 Å². The van der Waals surface area contributed by atoms with Gasteiger partial charge in [-0.25, -0.2) is 4.99 Å². The number of guanidine groups is 1. The number of piperidine rings is 1. The zero-order valence-corrected chi connectivity index (χ0v) is 18.7. The van der Waals surface area contributed by atoms with Crippen LogP contribution in [0.5, 0.6) is 0 Å². The first kappa shape index (κ1) is 22.6. The smallest absolute Gasteiger partial charge is 0.192 e. The van der Waals surface area contributed by atoms with Gasteiger partial charge in [-0.05, 0) is 49.4 Å². The number of rotatable bonds is 7. The van der Waals surface area contributed by atoms with Crippen LogP contribution in [0.4, 0.5) is 0 Å². The van der Waals surface area contributed by atoms with Crippen molar-refractivity contribution in [3.8, 4) is 0 Å². The van der Waals surface area contributed by atoms with Gasteiger partial charge >= 0.3 is 0 Å². The second-order valence-electron chi connectivity index (χ2n) is 7.91. The minimum absolute atomic E-state index is 0.0573. The Balaban J connectivity index is 1.57. The minimum atomic E-state index is -0.123. The molecule has 1 saturated heterocycles. The number of hydrogen-bond donors (Lipinski definition) is 3. The fraction of sp³-hybridized carbons (Fsp3) is 0.458. The molecule has 0 saturated carbocycles. The first-order valence-electron chi connectivity index (χ1n) is 10.8. The highest BCUT2D eigenvalue weighted by Gasteiger charge is 2.16. The Morgan fingerprint density at radius 3 is 2.47 bits per heavy atom. The highest BCUT2D eigenvalue weighted by atomic mass is 35.5. The monoisotopic (exact) mass is 428 g/mol. The molecular formula is C24H33ClN4O. The van der Waals surface area contributed by atoms with Crippen molar-refractivity contribution < 1.29 is 5.11 Å². The third kappa shape index (κ3) is 6.73. The molecule has 2 aromatic carbocycles. The predicted molar refractivity (Wildman–Crippen MR) is 125 cm³/mol. The number of benzene rings is 2. The van der Waals surface area contributed by atoms with Crippen molar-refractivity contribution in [1.29, 1.82) is 0 Å². The molecule has 3 rings (SSSR count). The molecule has 1 aliphatic heterocycles. The summed E-state index contributed by atoms with van der Waals surface area (Å²) in [5.74, 6) is 0.779. The molecule has 5 nitrogen and oxygen atoms in total. The van der Waals surface area contributed by atoms with Crippen LogP contribution in [0.25, 0.3) is 0 Å². The largest absolute Gasteiger partial charge is 0.393 e. The Morgan fingerprint density at radius 1 is 1.13 bits per heavy atom. The van der Waals surface area contributed by atoms with Crippen LogP contribution < -0.4 is 10.6 Å². The number of aliphatic hydroxyl groups is 1. The summed E-state index contributed by atoms with van der Waals surface area (Å²) in [6.07, 6.45) is 1.63. The van der Waals surface area contributed by atoms with Crippen LogP contribution in [0.3, 0.4) is 0 Å². The Kier molecular flexibility index (Phi) is 8.55. The summed E-state index contributed by atoms with van der Waals surface area (Å²) in [4.78, 5) is 7.15. The summed E-state index contributed by atoms with van der Waals surface area (Å²) < 4.78 is 0. The molecule has 0 aliphatic carbocycles. The van der Waals surface area contributed by atoms with Gasteiger partial charge in [0.05, 0.1) is 18.7 Å². The average Bonchev–Trinajstić information content (AvgIpc) is 2.75. The van der Waals surface area contributed by atoms with Crippen LogP contribution in [0, 0.1) is 0 Å². The van der Waals surface area contributed by atoms with Crippen molar-refractivity contribution >= 4 is 17.6 Å². The lowest BCUT2D eigenvalue weighted by molar-refractivity contribution is 0.0792. The summed E-state index contributed by atoms with van der Waals surface area (Å²) in [6, 6.07) is 16.6. The van der Waals surface area contributed by atoms with Gasteiger partial charge < -0.3 is 15.7 Å². The van der Waals surface area contributed by atoms with E-state index in [-0.39, 0.29) is 12.1 Å². The van der Waals surface area contributed by atoms with E-state index in [4.69, 9.17) is 16.6 Å². The zero-order valence-electron chi connectivity index (χ0n) is 17.9. The van der Waals surface area contributed by atoms with Gasteiger partial charge in [0, 0.05) is 31.2 Å². The average molecular weight is 429 g/mol. The molecule has 1 atom stereocenters. The fourth-order valence-corrected chi connectivity index (χ4v) is 3.98. The fourth-order valence-electron chi connectivity index (χ4n) is 3.69. The minimum Gasteiger partial charge on any atom is -0.393 e. The van der Waals surface area contributed by atoms with Gasteiger partial charge in [-0.15, -0.1) is 0 Å². The lowest BCUT2D eigenvalue weighted by atomic mass is 10.1. The number of aliphatic hydroxyl groups excluding tert-OH is 1. The highest BCUT2D eigenvalue weighted by Crippen LogP contribution is 2.22. The van der Waals surface area contributed by atoms with Crippen molar-refractivity contribution in [1.82, 2.24) is 15.5 Å². The first-order chi connectivity index (χ1) is 14.5. The predicted octanol–water partition coefficient (Wildman–Crippen LogP) is 4.11. The van der Waals surface area contributed by atoms with E-state index in [1.54, 1.807) is 0 Å². The number of halogens is 1. The van der Waals surface area contributed by atoms with Gasteiger partial charge in [0.15, 0.2) is 5.96 Å². The van der Waals surface area contributed by atoms with E-state index in [9.17, 15) is 5.11 Å². The molecule has 6 heteroatoms. The maximum atomic E-state index is 9.65. The van der Waals surface area contributed by atoms with Gasteiger partial charge in [0.2, 0.25) is 0 Å². The molecule has 2 aromatic rings. The summed E-state index contributed by atoms with van der Waals surface area (Å²) >= 11 is 6.33. The quantitative estimate of drug-likeness (QED) is 0.458. The van der Waals surface area contributed by atoms with Gasteiger partial charge in [-0.3, -0.25) is 4.90 Å². The Hall–Kier alpha value is -2.08. The first-order valence-corrected chi connectivity index (χ1v) is 11.2. The molecule has 0 bridgehead atoms. The van der Waals surface area contributed by atoms with Gasteiger partial charge in [-0.2, -0.15) is 0 Å². The van der Waals surface area contributed by atoms with Crippen molar-refractivity contribution in [2.45, 2.75) is 51.9 Å². The molecule has 0 spiro atoms. The summed E-state index contributed by atoms with van der Waals surface area (Å²) in [5, 5.41) is 17.2. The van der Waals surface area contributed by atoms with Gasteiger partial charge in [0.25, 0.3) is 0 Å². The number of aliphatic imine (C=N–C) groups is 1. The Bertz CT molecular complexity index is 816. The molecule has 0 amide bonds. The second-order valence-corrected chi connectivity index (χ2v) is 8.31. The Morgan fingerprint density at radius 2 is 1.80 bits per heavy atom. The van der Waals surface area contributed by atoms with Crippen LogP contribution in [0.2, 0.25) is 5.02 Å². The number of nitrogens with one attached hydrogen (secondary N) is 2. The summed E-state index contributed by atoms with van der Waals surface area (Å²) in [6.45, 7) is 8.43. The van der Waals surface area contributed by atoms with Crippen molar-refractivity contribution in [2.75, 3.05) is 19.6 Å². The normalized spacial score (nSPS) is 17.0. The SMILES string of the molecule is CCNC(=NCc1ccc(CN2CCC(O)CC2)cc1)NC(C)c1ccccc1Cl. The lowest BCUT2D eigenvalue weighted by Gasteiger charge is -2.29. The topological polar surface area (TPSA) is 59.9 Å². The second kappa shape index (κ2) is 11.3. The molecule has 1 heterocycles. The summed E-state index contributed by atoms with van der Waals surface area (Å²) in [5.41, 5.74) is 3.53. The standard InChI is InChI=1S/C24H33ClN4O/c1-3-26-24(28-18(2)22-6-4-5-7-23(22)25)27-16-19-8-10-20(11-9-19)17-29-14-12-21(30)13-15-29/h4-11,18,21,30H,3,12-17H2,1-2H3,(H2,26,27,28). The third-order valence-corrected chi connectivity index (χ3v) is 5.82. The van der Waals surface area contributed by atoms with Crippen molar-refractivity contribution in [3.63, 3.8) is 0 Å². The Labute approximate surface area is 185 Å². The van der Waals surface area contributed by atoms with Crippen LogP contribution in [0.15, 0.2) is 53.5 Å². The van der Waals surface area contributed by atoms with Crippen LogP contribution >= 0.6 is 11.6 Å². The maximum Gasteiger partial charge on any atom is 0.192 e. The van der Waals surface area contributed by atoms with Crippen LogP contribution in [-0.2, 0) is 13.1 Å². The molecule has 0 aromatic heterocycles. The van der Waals surface area contributed by atoms with Crippen LogP contribution in [-0.4, -0.2) is 41.7 Å². The van der Waals surface area contributed by atoms with Gasteiger partial charge in [0.1, 0.15) is 0 Å². The van der Waals surface area contributed by atoms with Crippen LogP contribution in [0.1, 0.15) is 49.4 Å². The molecule has 30 heavy (non-hydrogen) atoms. The number of nitrogens with zero attached hydrogens (tertiary/aromatic N) is 2. The zero-order chi connectivity index (χ0) is 21.3. The molecule has 1 unspecified atom stereocenters. The molecule has 0 radical (unpaired) electrons.